The number of pyridine rings is 1. The van der Waals surface area contributed by atoms with Crippen LogP contribution in [0.5, 0.6) is 11.5 Å². The van der Waals surface area contributed by atoms with Gasteiger partial charge in [0.05, 0.1) is 39.8 Å². The Bertz CT molecular complexity index is 1420. The number of nitro benzene ring substituents is 1. The molecule has 0 bridgehead atoms. The van der Waals surface area contributed by atoms with Gasteiger partial charge in [-0.15, -0.1) is 0 Å². The highest BCUT2D eigenvalue weighted by Gasteiger charge is 2.43. The number of benzene rings is 2. The Morgan fingerprint density at radius 3 is 2.64 bits per heavy atom. The molecular weight excluding hydrogens is 486 g/mol. The quantitative estimate of drug-likeness (QED) is 0.223. The van der Waals surface area contributed by atoms with Gasteiger partial charge in [0.25, 0.3) is 0 Å². The van der Waals surface area contributed by atoms with E-state index >= 15 is 0 Å². The van der Waals surface area contributed by atoms with Crippen molar-refractivity contribution in [3.63, 3.8) is 0 Å². The number of aliphatic hydroxyl groups is 1. The van der Waals surface area contributed by atoms with Crippen molar-refractivity contribution in [1.82, 2.24) is 15.0 Å². The summed E-state index contributed by atoms with van der Waals surface area (Å²) in [5.41, 5.74) is 1.35. The van der Waals surface area contributed by atoms with Gasteiger partial charge in [0.2, 0.25) is 0 Å². The third-order valence-electron chi connectivity index (χ3n) is 6.04. The summed E-state index contributed by atoms with van der Waals surface area (Å²) in [5, 5.41) is 25.3. The molecule has 0 unspecified atom stereocenters. The Morgan fingerprint density at radius 1 is 1.08 bits per heavy atom. The highest BCUT2D eigenvalue weighted by Crippen LogP contribution is 2.46. The third-order valence-corrected chi connectivity index (χ3v) is 6.33. The molecule has 0 saturated heterocycles. The van der Waals surface area contributed by atoms with Crippen LogP contribution in [0, 0.1) is 15.5 Å². The lowest BCUT2D eigenvalue weighted by Crippen LogP contribution is -2.17. The fraction of sp³-hybridized carbons (Fsp3) is 0.240. The predicted molar refractivity (Wildman–Crippen MR) is 134 cm³/mol. The van der Waals surface area contributed by atoms with Crippen LogP contribution < -0.4 is 14.8 Å². The van der Waals surface area contributed by atoms with Crippen LogP contribution in [0.1, 0.15) is 18.5 Å². The number of nitro groups is 1. The van der Waals surface area contributed by atoms with Crippen LogP contribution in [-0.4, -0.2) is 38.2 Å². The average molecular weight is 508 g/mol. The summed E-state index contributed by atoms with van der Waals surface area (Å²) in [6.07, 6.45) is 4.72. The summed E-state index contributed by atoms with van der Waals surface area (Å²) < 4.78 is 11.5. The Morgan fingerprint density at radius 2 is 1.94 bits per heavy atom. The number of nitrogens with one attached hydrogen (secondary N) is 1. The van der Waals surface area contributed by atoms with Crippen molar-refractivity contribution < 1.29 is 19.5 Å². The monoisotopic (exact) mass is 507 g/mol. The molecule has 1 saturated carbocycles. The third kappa shape index (κ3) is 5.14. The second kappa shape index (κ2) is 9.92. The maximum Gasteiger partial charge on any atom is 0.311 e. The molecule has 2 N–H and O–H groups in total. The number of rotatable bonds is 10. The summed E-state index contributed by atoms with van der Waals surface area (Å²) in [6.45, 7) is 0.469. The van der Waals surface area contributed by atoms with Gasteiger partial charge in [0.1, 0.15) is 24.5 Å². The van der Waals surface area contributed by atoms with Crippen LogP contribution in [-0.2, 0) is 6.61 Å². The molecule has 0 aliphatic heterocycles. The summed E-state index contributed by atoms with van der Waals surface area (Å²) >= 11 is 6.41. The lowest BCUT2D eigenvalue weighted by molar-refractivity contribution is -0.385. The molecule has 0 radical (unpaired) electrons. The van der Waals surface area contributed by atoms with E-state index in [9.17, 15) is 15.2 Å². The summed E-state index contributed by atoms with van der Waals surface area (Å²) in [6, 6.07) is 13.6. The highest BCUT2D eigenvalue weighted by molar-refractivity contribution is 6.32. The average Bonchev–Trinajstić information content (AvgIpc) is 3.68. The molecule has 0 spiro atoms. The number of aromatic nitrogens is 3. The minimum absolute atomic E-state index is 0.0137. The zero-order chi connectivity index (χ0) is 25.1. The molecule has 184 valence electrons. The second-order valence-electron chi connectivity index (χ2n) is 8.64. The van der Waals surface area contributed by atoms with E-state index < -0.39 is 4.92 Å². The first-order valence-corrected chi connectivity index (χ1v) is 11.6. The van der Waals surface area contributed by atoms with Crippen LogP contribution in [0.15, 0.2) is 61.1 Å². The number of hydrogen-bond acceptors (Lipinski definition) is 9. The first-order chi connectivity index (χ1) is 17.5. The molecule has 0 atom stereocenters. The fourth-order valence-corrected chi connectivity index (χ4v) is 3.89. The first-order valence-electron chi connectivity index (χ1n) is 11.2. The Kier molecular flexibility index (Phi) is 6.53. The Balaban J connectivity index is 1.37. The minimum atomic E-state index is -0.505. The molecule has 5 rings (SSSR count). The van der Waals surface area contributed by atoms with Crippen molar-refractivity contribution in [2.24, 2.45) is 5.41 Å². The number of aliphatic hydroxyl groups excluding tert-OH is 1. The number of nitrogens with zero attached hydrogens (tertiary/aromatic N) is 4. The van der Waals surface area contributed by atoms with E-state index in [-0.39, 0.29) is 36.7 Å². The van der Waals surface area contributed by atoms with Gasteiger partial charge in [-0.05, 0) is 43.2 Å². The van der Waals surface area contributed by atoms with Crippen molar-refractivity contribution in [1.29, 1.82) is 0 Å². The molecule has 10 nitrogen and oxygen atoms in total. The number of ether oxygens (including phenoxy) is 2. The maximum absolute atomic E-state index is 11.8. The van der Waals surface area contributed by atoms with Crippen molar-refractivity contribution >= 4 is 39.7 Å². The van der Waals surface area contributed by atoms with E-state index in [0.717, 1.165) is 18.5 Å². The summed E-state index contributed by atoms with van der Waals surface area (Å²) in [5.74, 6) is 0.977. The standard InChI is InChI=1S/C25H22ClN5O5/c26-19-9-16(4-5-22(19)35-12-17-3-1-2-8-27-17)30-24-18-10-21(31(33)34)23(11-20(18)28-15-29-24)36-14-25(13-32)6-7-25/h1-5,8-11,15,32H,6-7,12-14H2,(H,28,29,30). The molecule has 11 heteroatoms. The van der Waals surface area contributed by atoms with E-state index in [1.165, 1.54) is 18.5 Å². The van der Waals surface area contributed by atoms with Crippen molar-refractivity contribution in [3.05, 3.63) is 81.9 Å². The maximum atomic E-state index is 11.8. The van der Waals surface area contributed by atoms with E-state index in [0.29, 0.717) is 33.2 Å². The van der Waals surface area contributed by atoms with Gasteiger partial charge >= 0.3 is 5.69 Å². The van der Waals surface area contributed by atoms with Crippen LogP contribution in [0.4, 0.5) is 17.2 Å². The normalized spacial score (nSPS) is 13.8. The van der Waals surface area contributed by atoms with Gasteiger partial charge in [-0.1, -0.05) is 17.7 Å². The molecule has 1 fully saturated rings. The smallest absolute Gasteiger partial charge is 0.311 e. The van der Waals surface area contributed by atoms with Crippen LogP contribution in [0.2, 0.25) is 5.02 Å². The molecule has 2 aromatic carbocycles. The van der Waals surface area contributed by atoms with Crippen molar-refractivity contribution in [3.8, 4) is 11.5 Å². The van der Waals surface area contributed by atoms with E-state index in [1.807, 2.05) is 18.2 Å². The SMILES string of the molecule is O=[N+]([O-])c1cc2c(Nc3ccc(OCc4ccccn4)c(Cl)c3)ncnc2cc1OCC1(CO)CC1. The first kappa shape index (κ1) is 23.7. The van der Waals surface area contributed by atoms with Crippen LogP contribution in [0.25, 0.3) is 10.9 Å². The largest absolute Gasteiger partial charge is 0.486 e. The summed E-state index contributed by atoms with van der Waals surface area (Å²) in [7, 11) is 0. The van der Waals surface area contributed by atoms with E-state index in [4.69, 9.17) is 21.1 Å². The molecule has 2 aromatic heterocycles. The van der Waals surface area contributed by atoms with Crippen LogP contribution in [0.3, 0.4) is 0 Å². The summed E-state index contributed by atoms with van der Waals surface area (Å²) in [4.78, 5) is 24.0. The van der Waals surface area contributed by atoms with Crippen LogP contribution >= 0.6 is 11.6 Å². The number of fused-ring (bicyclic) bond motifs is 1. The lowest BCUT2D eigenvalue weighted by atomic mass is 10.1. The Hall–Kier alpha value is -4.02. The molecule has 1 aliphatic carbocycles. The van der Waals surface area contributed by atoms with Gasteiger partial charge in [0, 0.05) is 29.4 Å². The topological polar surface area (TPSA) is 133 Å². The van der Waals surface area contributed by atoms with Gasteiger partial charge < -0.3 is 19.9 Å². The molecule has 1 aliphatic rings. The van der Waals surface area contributed by atoms with Gasteiger partial charge in [-0.25, -0.2) is 9.97 Å². The van der Waals surface area contributed by atoms with Gasteiger partial charge in [-0.2, -0.15) is 0 Å². The number of hydrogen-bond donors (Lipinski definition) is 2. The molecule has 0 amide bonds. The molecule has 4 aromatic rings. The van der Waals surface area contributed by atoms with E-state index in [1.54, 1.807) is 24.4 Å². The number of anilines is 2. The molecule has 36 heavy (non-hydrogen) atoms. The zero-order valence-electron chi connectivity index (χ0n) is 19.1. The van der Waals surface area contributed by atoms with Gasteiger partial charge in [0.15, 0.2) is 5.75 Å². The fourth-order valence-electron chi connectivity index (χ4n) is 3.65. The Labute approximate surface area is 211 Å². The molecular formula is C25H22ClN5O5. The minimum Gasteiger partial charge on any atom is -0.486 e. The predicted octanol–water partition coefficient (Wildman–Crippen LogP) is 5.06. The molecule has 2 heterocycles. The van der Waals surface area contributed by atoms with Gasteiger partial charge in [-0.3, -0.25) is 15.1 Å². The highest BCUT2D eigenvalue weighted by atomic mass is 35.5. The second-order valence-corrected chi connectivity index (χ2v) is 9.05. The zero-order valence-corrected chi connectivity index (χ0v) is 19.8. The van der Waals surface area contributed by atoms with Crippen molar-refractivity contribution in [2.75, 3.05) is 18.5 Å². The van der Waals surface area contributed by atoms with Crippen molar-refractivity contribution in [2.45, 2.75) is 19.4 Å². The van der Waals surface area contributed by atoms with E-state index in [2.05, 4.69) is 20.3 Å². The number of halogens is 1. The lowest BCUT2D eigenvalue weighted by Gasteiger charge is -2.15.